The SMILES string of the molecule is C=C\N=C/C(/C=C\CCC(C)C)=C\C(=C\C(=C)C)CCC1CCC1. The molecule has 1 nitrogen and oxygen atoms in total. The predicted octanol–water partition coefficient (Wildman–Crippen LogP) is 7.20. The van der Waals surface area contributed by atoms with Crippen molar-refractivity contribution in [2.24, 2.45) is 16.8 Å². The molecule has 0 aromatic heterocycles. The topological polar surface area (TPSA) is 12.4 Å². The highest BCUT2D eigenvalue weighted by Crippen LogP contribution is 2.32. The molecule has 0 amide bonds. The van der Waals surface area contributed by atoms with Gasteiger partial charge in [0.25, 0.3) is 0 Å². The fourth-order valence-electron chi connectivity index (χ4n) is 2.78. The van der Waals surface area contributed by atoms with E-state index in [-0.39, 0.29) is 0 Å². The zero-order valence-corrected chi connectivity index (χ0v) is 15.9. The van der Waals surface area contributed by atoms with Crippen LogP contribution in [0.1, 0.15) is 65.7 Å². The molecule has 0 bridgehead atoms. The highest BCUT2D eigenvalue weighted by molar-refractivity contribution is 5.83. The van der Waals surface area contributed by atoms with Gasteiger partial charge in [0.05, 0.1) is 0 Å². The Labute approximate surface area is 149 Å². The summed E-state index contributed by atoms with van der Waals surface area (Å²) in [6.45, 7) is 14.3. The minimum absolute atomic E-state index is 0.741. The normalized spacial score (nSPS) is 17.0. The summed E-state index contributed by atoms with van der Waals surface area (Å²) in [5.74, 6) is 1.67. The molecular weight excluding hydrogens is 290 g/mol. The van der Waals surface area contributed by atoms with Gasteiger partial charge in [-0.1, -0.05) is 76.1 Å². The molecule has 0 unspecified atom stereocenters. The van der Waals surface area contributed by atoms with E-state index in [1.54, 1.807) is 6.20 Å². The second-order valence-corrected chi connectivity index (χ2v) is 7.38. The van der Waals surface area contributed by atoms with Crippen LogP contribution in [0.3, 0.4) is 0 Å². The van der Waals surface area contributed by atoms with Gasteiger partial charge in [-0.25, -0.2) is 0 Å². The van der Waals surface area contributed by atoms with Gasteiger partial charge in [-0.3, -0.25) is 4.99 Å². The number of aliphatic imine (C=N–C) groups is 1. The van der Waals surface area contributed by atoms with Gasteiger partial charge >= 0.3 is 0 Å². The van der Waals surface area contributed by atoms with Crippen LogP contribution in [0.25, 0.3) is 0 Å². The summed E-state index contributed by atoms with van der Waals surface area (Å²) in [5.41, 5.74) is 3.60. The van der Waals surface area contributed by atoms with Gasteiger partial charge in [-0.2, -0.15) is 0 Å². The lowest BCUT2D eigenvalue weighted by molar-refractivity contribution is 0.297. The first-order chi connectivity index (χ1) is 11.5. The van der Waals surface area contributed by atoms with E-state index in [4.69, 9.17) is 0 Å². The molecule has 0 aromatic rings. The van der Waals surface area contributed by atoms with Crippen LogP contribution in [-0.2, 0) is 0 Å². The molecule has 0 spiro atoms. The molecule has 1 heteroatoms. The van der Waals surface area contributed by atoms with Crippen LogP contribution in [-0.4, -0.2) is 6.21 Å². The molecule has 0 heterocycles. The van der Waals surface area contributed by atoms with Crippen molar-refractivity contribution in [3.8, 4) is 0 Å². The first-order valence-electron chi connectivity index (χ1n) is 9.39. The van der Waals surface area contributed by atoms with Crippen LogP contribution in [0.15, 0.2) is 65.4 Å². The highest BCUT2D eigenvalue weighted by Gasteiger charge is 2.16. The van der Waals surface area contributed by atoms with E-state index in [9.17, 15) is 0 Å². The first-order valence-corrected chi connectivity index (χ1v) is 9.39. The van der Waals surface area contributed by atoms with Gasteiger partial charge in [0.1, 0.15) is 0 Å². The summed E-state index contributed by atoms with van der Waals surface area (Å²) in [4.78, 5) is 4.21. The number of hydrogen-bond acceptors (Lipinski definition) is 1. The monoisotopic (exact) mass is 325 g/mol. The van der Waals surface area contributed by atoms with Gasteiger partial charge in [0.15, 0.2) is 0 Å². The van der Waals surface area contributed by atoms with Crippen molar-refractivity contribution in [3.05, 3.63) is 60.4 Å². The standard InChI is InChI=1S/C23H35N/c1-6-24-18-23(11-8-7-10-19(2)3)17-22(16-20(4)5)15-14-21-12-9-13-21/h6,8,11,16-19,21H,1,4,7,9-10,12-15H2,2-3,5H3/b11-8-,22-16+,23-17-,24-18-. The van der Waals surface area contributed by atoms with Crippen molar-refractivity contribution in [2.75, 3.05) is 0 Å². The maximum Gasteiger partial charge on any atom is 0.0340 e. The van der Waals surface area contributed by atoms with Gasteiger partial charge in [0.2, 0.25) is 0 Å². The molecule has 1 aliphatic carbocycles. The third-order valence-corrected chi connectivity index (χ3v) is 4.40. The van der Waals surface area contributed by atoms with Crippen LogP contribution in [0.5, 0.6) is 0 Å². The molecule has 0 aliphatic heterocycles. The zero-order valence-electron chi connectivity index (χ0n) is 15.9. The van der Waals surface area contributed by atoms with Crippen molar-refractivity contribution in [2.45, 2.75) is 65.7 Å². The van der Waals surface area contributed by atoms with Gasteiger partial charge in [-0.05, 0) is 55.6 Å². The molecule has 24 heavy (non-hydrogen) atoms. The molecule has 0 N–H and O–H groups in total. The summed E-state index contributed by atoms with van der Waals surface area (Å²) in [6, 6.07) is 0. The van der Waals surface area contributed by atoms with E-state index in [2.05, 4.69) is 63.2 Å². The van der Waals surface area contributed by atoms with E-state index < -0.39 is 0 Å². The van der Waals surface area contributed by atoms with Crippen molar-refractivity contribution < 1.29 is 0 Å². The molecule has 1 rings (SSSR count). The Balaban J connectivity index is 2.80. The minimum atomic E-state index is 0.741. The molecule has 0 aromatic carbocycles. The van der Waals surface area contributed by atoms with Crippen LogP contribution in [0, 0.1) is 11.8 Å². The number of nitrogens with zero attached hydrogens (tertiary/aromatic N) is 1. The summed E-state index contributed by atoms with van der Waals surface area (Å²) in [5, 5.41) is 0. The Morgan fingerprint density at radius 2 is 2.00 bits per heavy atom. The van der Waals surface area contributed by atoms with E-state index in [0.29, 0.717) is 0 Å². The van der Waals surface area contributed by atoms with Gasteiger partial charge in [-0.15, -0.1) is 0 Å². The quantitative estimate of drug-likeness (QED) is 0.281. The minimum Gasteiger partial charge on any atom is -0.265 e. The van der Waals surface area contributed by atoms with E-state index >= 15 is 0 Å². The van der Waals surface area contributed by atoms with Crippen LogP contribution in [0.4, 0.5) is 0 Å². The fourth-order valence-corrected chi connectivity index (χ4v) is 2.78. The van der Waals surface area contributed by atoms with E-state index in [1.807, 2.05) is 6.21 Å². The lowest BCUT2D eigenvalue weighted by Gasteiger charge is -2.25. The summed E-state index contributed by atoms with van der Waals surface area (Å²) in [7, 11) is 0. The van der Waals surface area contributed by atoms with E-state index in [1.165, 1.54) is 37.7 Å². The van der Waals surface area contributed by atoms with Crippen LogP contribution < -0.4 is 0 Å². The maximum atomic E-state index is 4.21. The average Bonchev–Trinajstić information content (AvgIpc) is 2.46. The molecule has 1 aliphatic rings. The van der Waals surface area contributed by atoms with Crippen molar-refractivity contribution in [3.63, 3.8) is 0 Å². The summed E-state index contributed by atoms with van der Waals surface area (Å²) in [6.07, 6.45) is 21.4. The number of rotatable bonds is 11. The largest absolute Gasteiger partial charge is 0.265 e. The Bertz CT molecular complexity index is 510. The summed E-state index contributed by atoms with van der Waals surface area (Å²) < 4.78 is 0. The highest BCUT2D eigenvalue weighted by atomic mass is 14.7. The second kappa shape index (κ2) is 11.8. The number of allylic oxidation sites excluding steroid dienone is 7. The smallest absolute Gasteiger partial charge is 0.0340 e. The number of hydrogen-bond donors (Lipinski definition) is 0. The zero-order chi connectivity index (χ0) is 17.8. The Morgan fingerprint density at radius 3 is 2.54 bits per heavy atom. The van der Waals surface area contributed by atoms with Crippen molar-refractivity contribution >= 4 is 6.21 Å². The molecule has 0 atom stereocenters. The van der Waals surface area contributed by atoms with Gasteiger partial charge in [0, 0.05) is 12.4 Å². The third-order valence-electron chi connectivity index (χ3n) is 4.40. The molecule has 132 valence electrons. The maximum absolute atomic E-state index is 4.21. The molecular formula is C23H35N. The average molecular weight is 326 g/mol. The lowest BCUT2D eigenvalue weighted by Crippen LogP contribution is -2.10. The fraction of sp³-hybridized carbons (Fsp3) is 0.522. The summed E-state index contributed by atoms with van der Waals surface area (Å²) >= 11 is 0. The molecule has 1 fully saturated rings. The molecule has 0 radical (unpaired) electrons. The Kier molecular flexibility index (Phi) is 10.1. The third kappa shape index (κ3) is 9.50. The van der Waals surface area contributed by atoms with Gasteiger partial charge < -0.3 is 0 Å². The predicted molar refractivity (Wildman–Crippen MR) is 109 cm³/mol. The van der Waals surface area contributed by atoms with E-state index in [0.717, 1.165) is 35.8 Å². The van der Waals surface area contributed by atoms with Crippen LogP contribution in [0.2, 0.25) is 0 Å². The lowest BCUT2D eigenvalue weighted by atomic mass is 9.81. The molecule has 0 saturated heterocycles. The van der Waals surface area contributed by atoms with Crippen molar-refractivity contribution in [1.29, 1.82) is 0 Å². The Hall–Kier alpha value is -1.63. The second-order valence-electron chi connectivity index (χ2n) is 7.38. The Morgan fingerprint density at radius 1 is 1.25 bits per heavy atom. The first kappa shape index (κ1) is 20.4. The molecule has 1 saturated carbocycles. The van der Waals surface area contributed by atoms with Crippen LogP contribution >= 0.6 is 0 Å². The van der Waals surface area contributed by atoms with Crippen molar-refractivity contribution in [1.82, 2.24) is 0 Å².